The van der Waals surface area contributed by atoms with Gasteiger partial charge in [-0.1, -0.05) is 6.92 Å². The second kappa shape index (κ2) is 4.93. The van der Waals surface area contributed by atoms with Gasteiger partial charge in [-0.15, -0.1) is 0 Å². The van der Waals surface area contributed by atoms with E-state index in [9.17, 15) is 0 Å². The molecular formula is C9H15N2O. The van der Waals surface area contributed by atoms with Crippen molar-refractivity contribution >= 4 is 0 Å². The van der Waals surface area contributed by atoms with Crippen LogP contribution in [0.3, 0.4) is 0 Å². The molecule has 0 aliphatic rings. The molecule has 12 heavy (non-hydrogen) atoms. The number of hydrogen-bond donors (Lipinski definition) is 0. The van der Waals surface area contributed by atoms with Crippen LogP contribution in [0.5, 0.6) is 0 Å². The van der Waals surface area contributed by atoms with E-state index in [1.54, 1.807) is 0 Å². The fraction of sp³-hybridized carbons (Fsp3) is 0.667. The lowest BCUT2D eigenvalue weighted by Gasteiger charge is -2.04. The summed E-state index contributed by atoms with van der Waals surface area (Å²) in [6.07, 6.45) is 5.73. The van der Waals surface area contributed by atoms with E-state index in [4.69, 9.17) is 4.74 Å². The number of ether oxygens (including phenoxy) is 1. The Morgan fingerprint density at radius 2 is 2.42 bits per heavy atom. The van der Waals surface area contributed by atoms with Crippen LogP contribution in [0.4, 0.5) is 0 Å². The Labute approximate surface area is 73.4 Å². The number of nitrogens with zero attached hydrogens (tertiary/aromatic N) is 2. The Bertz CT molecular complexity index is 220. The average Bonchev–Trinajstić information content (AvgIpc) is 2.46. The standard InChI is InChI=1S/C9H15N2O/c1-3-7-12-8-6-11-5-4-10-9(11)2/h5H,3,6-8H2,1-2H3. The van der Waals surface area contributed by atoms with Crippen molar-refractivity contribution in [3.8, 4) is 0 Å². The first-order valence-corrected chi connectivity index (χ1v) is 4.32. The first-order chi connectivity index (χ1) is 5.84. The minimum atomic E-state index is 0.763. The highest BCUT2D eigenvalue weighted by Crippen LogP contribution is 1.94. The van der Waals surface area contributed by atoms with Crippen molar-refractivity contribution in [1.29, 1.82) is 0 Å². The molecular weight excluding hydrogens is 152 g/mol. The van der Waals surface area contributed by atoms with Gasteiger partial charge in [0.15, 0.2) is 0 Å². The van der Waals surface area contributed by atoms with Gasteiger partial charge in [-0.2, -0.15) is 0 Å². The fourth-order valence-electron chi connectivity index (χ4n) is 0.985. The van der Waals surface area contributed by atoms with Crippen molar-refractivity contribution < 1.29 is 4.74 Å². The van der Waals surface area contributed by atoms with Gasteiger partial charge in [-0.25, -0.2) is 4.98 Å². The highest BCUT2D eigenvalue weighted by Gasteiger charge is 1.95. The van der Waals surface area contributed by atoms with Gasteiger partial charge in [0, 0.05) is 19.3 Å². The first-order valence-electron chi connectivity index (χ1n) is 4.32. The van der Waals surface area contributed by atoms with Gasteiger partial charge in [-0.05, 0) is 13.3 Å². The van der Waals surface area contributed by atoms with Crippen LogP contribution in [0.1, 0.15) is 19.2 Å². The zero-order valence-corrected chi connectivity index (χ0v) is 7.71. The molecule has 0 unspecified atom stereocenters. The molecule has 0 atom stereocenters. The maximum Gasteiger partial charge on any atom is 0.109 e. The molecule has 0 aliphatic carbocycles. The number of aromatic nitrogens is 2. The first kappa shape index (κ1) is 9.26. The summed E-state index contributed by atoms with van der Waals surface area (Å²) in [5, 5.41) is 0. The Morgan fingerprint density at radius 1 is 1.58 bits per heavy atom. The Kier molecular flexibility index (Phi) is 3.80. The van der Waals surface area contributed by atoms with Crippen molar-refractivity contribution in [1.82, 2.24) is 9.55 Å². The van der Waals surface area contributed by atoms with Crippen LogP contribution in [-0.2, 0) is 11.3 Å². The van der Waals surface area contributed by atoms with Crippen molar-refractivity contribution in [2.45, 2.75) is 26.8 Å². The lowest BCUT2D eigenvalue weighted by atomic mass is 10.5. The third-order valence-corrected chi connectivity index (χ3v) is 1.68. The average molecular weight is 167 g/mol. The molecule has 1 aromatic heterocycles. The zero-order valence-electron chi connectivity index (χ0n) is 7.71. The SMILES string of the molecule is CCCOCCn1c[c]nc1C. The molecule has 3 heteroatoms. The maximum atomic E-state index is 5.35. The van der Waals surface area contributed by atoms with Crippen molar-refractivity contribution in [2.24, 2.45) is 0 Å². The van der Waals surface area contributed by atoms with E-state index in [2.05, 4.69) is 18.1 Å². The third kappa shape index (κ3) is 2.66. The van der Waals surface area contributed by atoms with Crippen molar-refractivity contribution in [3.63, 3.8) is 0 Å². The molecule has 0 amide bonds. The molecule has 0 N–H and O–H groups in total. The largest absolute Gasteiger partial charge is 0.380 e. The lowest BCUT2D eigenvalue weighted by molar-refractivity contribution is 0.126. The molecule has 0 aliphatic heterocycles. The highest BCUT2D eigenvalue weighted by molar-refractivity contribution is 4.86. The third-order valence-electron chi connectivity index (χ3n) is 1.68. The molecule has 0 saturated carbocycles. The Hall–Kier alpha value is -0.830. The van der Waals surface area contributed by atoms with Gasteiger partial charge in [0.05, 0.1) is 6.61 Å². The van der Waals surface area contributed by atoms with Gasteiger partial charge in [0.2, 0.25) is 0 Å². The van der Waals surface area contributed by atoms with E-state index >= 15 is 0 Å². The Balaban J connectivity index is 2.20. The van der Waals surface area contributed by atoms with Gasteiger partial charge < -0.3 is 9.30 Å². The quantitative estimate of drug-likeness (QED) is 0.620. The van der Waals surface area contributed by atoms with E-state index in [-0.39, 0.29) is 0 Å². The summed E-state index contributed by atoms with van der Waals surface area (Å²) < 4.78 is 7.39. The topological polar surface area (TPSA) is 27.1 Å². The molecule has 0 bridgehead atoms. The van der Waals surface area contributed by atoms with Crippen LogP contribution >= 0.6 is 0 Å². The maximum absolute atomic E-state index is 5.35. The summed E-state index contributed by atoms with van der Waals surface area (Å²) in [6, 6.07) is 0. The van der Waals surface area contributed by atoms with Gasteiger partial charge >= 0.3 is 0 Å². The van der Waals surface area contributed by atoms with Crippen LogP contribution in [0.15, 0.2) is 6.20 Å². The van der Waals surface area contributed by atoms with Crippen LogP contribution in [-0.4, -0.2) is 22.8 Å². The molecule has 0 aromatic carbocycles. The molecule has 1 radical (unpaired) electrons. The summed E-state index contributed by atoms with van der Waals surface area (Å²) in [4.78, 5) is 4.00. The van der Waals surface area contributed by atoms with Crippen molar-refractivity contribution in [3.05, 3.63) is 18.2 Å². The second-order valence-electron chi connectivity index (χ2n) is 2.72. The van der Waals surface area contributed by atoms with Gasteiger partial charge in [0.25, 0.3) is 0 Å². The molecule has 1 heterocycles. The van der Waals surface area contributed by atoms with E-state index in [0.29, 0.717) is 0 Å². The minimum absolute atomic E-state index is 0.763. The molecule has 1 aromatic rings. The van der Waals surface area contributed by atoms with Gasteiger partial charge in [0.1, 0.15) is 12.0 Å². The predicted octanol–water partition coefficient (Wildman–Crippen LogP) is 1.42. The van der Waals surface area contributed by atoms with Crippen LogP contribution in [0, 0.1) is 13.1 Å². The normalized spacial score (nSPS) is 10.5. The smallest absolute Gasteiger partial charge is 0.109 e. The summed E-state index contributed by atoms with van der Waals surface area (Å²) in [5.41, 5.74) is 0. The number of aryl methyl sites for hydroxylation is 1. The molecule has 0 saturated heterocycles. The molecule has 1 rings (SSSR count). The van der Waals surface area contributed by atoms with Gasteiger partial charge in [-0.3, -0.25) is 0 Å². The second-order valence-corrected chi connectivity index (χ2v) is 2.72. The number of rotatable bonds is 5. The molecule has 3 nitrogen and oxygen atoms in total. The van der Waals surface area contributed by atoms with Crippen molar-refractivity contribution in [2.75, 3.05) is 13.2 Å². The number of hydrogen-bond acceptors (Lipinski definition) is 2. The fourth-order valence-corrected chi connectivity index (χ4v) is 0.985. The zero-order chi connectivity index (χ0) is 8.81. The summed E-state index contributed by atoms with van der Waals surface area (Å²) in [6.45, 7) is 6.56. The number of imidazole rings is 1. The van der Waals surface area contributed by atoms with Crippen LogP contribution in [0.25, 0.3) is 0 Å². The van der Waals surface area contributed by atoms with Crippen LogP contribution < -0.4 is 0 Å². The Morgan fingerprint density at radius 3 is 3.00 bits per heavy atom. The molecule has 0 fully saturated rings. The van der Waals surface area contributed by atoms with E-state index in [0.717, 1.165) is 32.0 Å². The minimum Gasteiger partial charge on any atom is -0.380 e. The van der Waals surface area contributed by atoms with Crippen LogP contribution in [0.2, 0.25) is 0 Å². The molecule has 0 spiro atoms. The van der Waals surface area contributed by atoms with E-state index in [1.165, 1.54) is 0 Å². The van der Waals surface area contributed by atoms with E-state index < -0.39 is 0 Å². The highest BCUT2D eigenvalue weighted by atomic mass is 16.5. The molecule has 67 valence electrons. The lowest BCUT2D eigenvalue weighted by Crippen LogP contribution is -2.06. The summed E-state index contributed by atoms with van der Waals surface area (Å²) >= 11 is 0. The monoisotopic (exact) mass is 167 g/mol. The summed E-state index contributed by atoms with van der Waals surface area (Å²) in [5.74, 6) is 0.995. The predicted molar refractivity (Wildman–Crippen MR) is 46.9 cm³/mol. The summed E-state index contributed by atoms with van der Waals surface area (Å²) in [7, 11) is 0. The van der Waals surface area contributed by atoms with E-state index in [1.807, 2.05) is 17.7 Å².